The Bertz CT molecular complexity index is 485. The summed E-state index contributed by atoms with van der Waals surface area (Å²) in [6.45, 7) is 4.21. The monoisotopic (exact) mass is 377 g/mol. The number of rotatable bonds is 8. The summed E-state index contributed by atoms with van der Waals surface area (Å²) >= 11 is 0. The molecule has 1 unspecified atom stereocenters. The lowest BCUT2D eigenvalue weighted by Crippen LogP contribution is -2.35. The van der Waals surface area contributed by atoms with Gasteiger partial charge >= 0.3 is 0 Å². The highest BCUT2D eigenvalue weighted by Crippen LogP contribution is 2.18. The molecular weight excluding hydrogens is 349 g/mol. The number of ether oxygens (including phenoxy) is 1. The van der Waals surface area contributed by atoms with Crippen LogP contribution in [0.4, 0.5) is 0 Å². The second-order valence-corrected chi connectivity index (χ2v) is 5.80. The minimum Gasteiger partial charge on any atom is -0.380 e. The van der Waals surface area contributed by atoms with E-state index in [-0.39, 0.29) is 36.8 Å². The van der Waals surface area contributed by atoms with Gasteiger partial charge in [0.15, 0.2) is 0 Å². The summed E-state index contributed by atoms with van der Waals surface area (Å²) < 4.78 is 5.11. The summed E-state index contributed by atoms with van der Waals surface area (Å²) in [7, 11) is 1.58. The molecule has 0 aromatic heterocycles. The Labute approximate surface area is 157 Å². The van der Waals surface area contributed by atoms with Gasteiger partial charge in [-0.2, -0.15) is 0 Å². The highest BCUT2D eigenvalue weighted by molar-refractivity contribution is 5.85. The van der Waals surface area contributed by atoms with Crippen LogP contribution in [0.15, 0.2) is 24.3 Å². The molecule has 1 heterocycles. The van der Waals surface area contributed by atoms with Gasteiger partial charge < -0.3 is 15.8 Å². The van der Waals surface area contributed by atoms with Crippen LogP contribution in [-0.4, -0.2) is 50.2 Å². The largest absolute Gasteiger partial charge is 0.380 e. The Morgan fingerprint density at radius 1 is 1.33 bits per heavy atom. The van der Waals surface area contributed by atoms with E-state index >= 15 is 0 Å². The summed E-state index contributed by atoms with van der Waals surface area (Å²) in [5.74, 6) is 0.0151. The molecular formula is C17H29Cl2N3O2. The molecule has 1 aliphatic heterocycles. The van der Waals surface area contributed by atoms with Gasteiger partial charge in [-0.1, -0.05) is 24.3 Å². The molecule has 0 radical (unpaired) electrons. The summed E-state index contributed by atoms with van der Waals surface area (Å²) in [6, 6.07) is 8.64. The van der Waals surface area contributed by atoms with Gasteiger partial charge in [0.25, 0.3) is 0 Å². The number of nitrogens with zero attached hydrogens (tertiary/aromatic N) is 1. The van der Waals surface area contributed by atoms with Crippen LogP contribution in [0.2, 0.25) is 0 Å². The molecule has 1 atom stereocenters. The average Bonchev–Trinajstić information content (AvgIpc) is 2.56. The van der Waals surface area contributed by atoms with Crippen molar-refractivity contribution in [2.45, 2.75) is 31.9 Å². The number of halogens is 2. The van der Waals surface area contributed by atoms with Crippen molar-refractivity contribution in [1.29, 1.82) is 0 Å². The Morgan fingerprint density at radius 2 is 2.04 bits per heavy atom. The number of amides is 1. The maximum absolute atomic E-state index is 11.7. The molecule has 2 rings (SSSR count). The van der Waals surface area contributed by atoms with E-state index in [0.717, 1.165) is 32.5 Å². The van der Waals surface area contributed by atoms with Crippen molar-refractivity contribution in [3.8, 4) is 0 Å². The van der Waals surface area contributed by atoms with Gasteiger partial charge in [-0.3, -0.25) is 9.69 Å². The Hall–Kier alpha value is -0.850. The molecule has 138 valence electrons. The molecule has 0 saturated heterocycles. The van der Waals surface area contributed by atoms with Crippen LogP contribution in [0.25, 0.3) is 0 Å². The maximum atomic E-state index is 11.7. The van der Waals surface area contributed by atoms with Gasteiger partial charge in [-0.25, -0.2) is 0 Å². The lowest BCUT2D eigenvalue weighted by atomic mass is 10.00. The number of nitrogens with one attached hydrogen (secondary N) is 1. The highest BCUT2D eigenvalue weighted by atomic mass is 35.5. The standard InChI is InChI=1S/C17H27N3O2.2ClH/c1-22-16(12-18)11-17(21)19-8-4-9-20-10-7-14-5-2-3-6-15(14)13-20;;/h2-3,5-6,16H,4,7-13,18H2,1H3,(H,19,21);2*1H. The van der Waals surface area contributed by atoms with Crippen molar-refractivity contribution in [2.24, 2.45) is 5.73 Å². The average molecular weight is 378 g/mol. The summed E-state index contributed by atoms with van der Waals surface area (Å²) in [6.07, 6.45) is 2.24. The van der Waals surface area contributed by atoms with Crippen LogP contribution < -0.4 is 11.1 Å². The molecule has 24 heavy (non-hydrogen) atoms. The number of benzene rings is 1. The van der Waals surface area contributed by atoms with Crippen LogP contribution in [0.5, 0.6) is 0 Å². The molecule has 3 N–H and O–H groups in total. The first kappa shape index (κ1) is 23.1. The van der Waals surface area contributed by atoms with Gasteiger partial charge in [0.2, 0.25) is 5.91 Å². The first-order valence-electron chi connectivity index (χ1n) is 8.01. The van der Waals surface area contributed by atoms with Gasteiger partial charge in [-0.05, 0) is 24.0 Å². The van der Waals surface area contributed by atoms with Crippen molar-refractivity contribution in [2.75, 3.05) is 33.3 Å². The molecule has 1 aliphatic rings. The number of hydrogen-bond donors (Lipinski definition) is 2. The molecule has 5 nitrogen and oxygen atoms in total. The maximum Gasteiger partial charge on any atom is 0.222 e. The fraction of sp³-hybridized carbons (Fsp3) is 0.588. The molecule has 0 aliphatic carbocycles. The fourth-order valence-electron chi connectivity index (χ4n) is 2.82. The van der Waals surface area contributed by atoms with E-state index in [0.29, 0.717) is 19.5 Å². The third-order valence-electron chi connectivity index (χ3n) is 4.19. The Balaban J connectivity index is 0.00000264. The smallest absolute Gasteiger partial charge is 0.222 e. The minimum absolute atomic E-state index is 0. The second kappa shape index (κ2) is 12.5. The molecule has 1 amide bonds. The van der Waals surface area contributed by atoms with E-state index in [1.54, 1.807) is 7.11 Å². The molecule has 0 fully saturated rings. The van der Waals surface area contributed by atoms with Crippen LogP contribution >= 0.6 is 24.8 Å². The first-order chi connectivity index (χ1) is 10.7. The predicted molar refractivity (Wildman–Crippen MR) is 102 cm³/mol. The van der Waals surface area contributed by atoms with Crippen LogP contribution in [0.3, 0.4) is 0 Å². The van der Waals surface area contributed by atoms with Crippen LogP contribution in [0, 0.1) is 0 Å². The highest BCUT2D eigenvalue weighted by Gasteiger charge is 2.15. The number of carbonyl (C=O) groups is 1. The van der Waals surface area contributed by atoms with Gasteiger partial charge in [-0.15, -0.1) is 24.8 Å². The number of methoxy groups -OCH3 is 1. The molecule has 0 spiro atoms. The van der Waals surface area contributed by atoms with E-state index in [9.17, 15) is 4.79 Å². The summed E-state index contributed by atoms with van der Waals surface area (Å²) in [5, 5.41) is 2.94. The third-order valence-corrected chi connectivity index (χ3v) is 4.19. The zero-order valence-electron chi connectivity index (χ0n) is 14.2. The van der Waals surface area contributed by atoms with Crippen molar-refractivity contribution >= 4 is 30.7 Å². The lowest BCUT2D eigenvalue weighted by Gasteiger charge is -2.28. The topological polar surface area (TPSA) is 67.6 Å². The van der Waals surface area contributed by atoms with E-state index in [2.05, 4.69) is 34.5 Å². The fourth-order valence-corrected chi connectivity index (χ4v) is 2.82. The van der Waals surface area contributed by atoms with E-state index in [1.807, 2.05) is 0 Å². The normalized spacial score (nSPS) is 14.8. The molecule has 0 bridgehead atoms. The molecule has 0 saturated carbocycles. The quantitative estimate of drug-likeness (QED) is 0.677. The van der Waals surface area contributed by atoms with Crippen LogP contribution in [-0.2, 0) is 22.5 Å². The number of hydrogen-bond acceptors (Lipinski definition) is 4. The van der Waals surface area contributed by atoms with Crippen molar-refractivity contribution < 1.29 is 9.53 Å². The number of fused-ring (bicyclic) bond motifs is 1. The van der Waals surface area contributed by atoms with E-state index in [1.165, 1.54) is 11.1 Å². The number of nitrogens with two attached hydrogens (primary N) is 1. The predicted octanol–water partition coefficient (Wildman–Crippen LogP) is 1.76. The molecule has 7 heteroatoms. The van der Waals surface area contributed by atoms with E-state index in [4.69, 9.17) is 10.5 Å². The SMILES string of the molecule is COC(CN)CC(=O)NCCCN1CCc2ccccc2C1.Cl.Cl. The summed E-state index contributed by atoms with van der Waals surface area (Å²) in [5.41, 5.74) is 8.42. The van der Waals surface area contributed by atoms with Crippen molar-refractivity contribution in [1.82, 2.24) is 10.2 Å². The van der Waals surface area contributed by atoms with Gasteiger partial charge in [0.1, 0.15) is 0 Å². The van der Waals surface area contributed by atoms with Crippen molar-refractivity contribution in [3.05, 3.63) is 35.4 Å². The second-order valence-electron chi connectivity index (χ2n) is 5.80. The van der Waals surface area contributed by atoms with E-state index < -0.39 is 0 Å². The molecule has 1 aromatic rings. The van der Waals surface area contributed by atoms with Gasteiger partial charge in [0.05, 0.1) is 12.5 Å². The third kappa shape index (κ3) is 7.36. The van der Waals surface area contributed by atoms with Crippen LogP contribution in [0.1, 0.15) is 24.0 Å². The zero-order valence-corrected chi connectivity index (χ0v) is 15.8. The molecule has 1 aromatic carbocycles. The Morgan fingerprint density at radius 3 is 2.71 bits per heavy atom. The zero-order chi connectivity index (χ0) is 15.8. The minimum atomic E-state index is -0.182. The first-order valence-corrected chi connectivity index (χ1v) is 8.01. The Kier molecular flexibility index (Phi) is 12.1. The van der Waals surface area contributed by atoms with Crippen molar-refractivity contribution in [3.63, 3.8) is 0 Å². The summed E-state index contributed by atoms with van der Waals surface area (Å²) in [4.78, 5) is 14.2. The van der Waals surface area contributed by atoms with Gasteiger partial charge in [0, 0.05) is 39.8 Å². The number of carbonyl (C=O) groups excluding carboxylic acids is 1. The lowest BCUT2D eigenvalue weighted by molar-refractivity contribution is -0.123.